The summed E-state index contributed by atoms with van der Waals surface area (Å²) in [5.41, 5.74) is 2.09. The van der Waals surface area contributed by atoms with Gasteiger partial charge in [0.2, 0.25) is 0 Å². The standard InChI is InChI=1S/C20H11ClN2O4S2/c1-23-18-13(17(22-23)10-2-4-11(21)5-3-10)9-16(28-18)19(24)26-12-6-7-15-14(8-12)27-20(25)29-15/h2-9H,1H3. The minimum absolute atomic E-state index is 0.317. The molecule has 0 bridgehead atoms. The average Bonchev–Trinajstić information content (AvgIpc) is 3.36. The molecular weight excluding hydrogens is 432 g/mol. The molecule has 0 aliphatic heterocycles. The molecule has 6 nitrogen and oxygen atoms in total. The molecule has 0 fully saturated rings. The number of carbonyl (C=O) groups excluding carboxylic acids is 1. The van der Waals surface area contributed by atoms with Crippen molar-refractivity contribution in [3.63, 3.8) is 0 Å². The first kappa shape index (κ1) is 18.1. The van der Waals surface area contributed by atoms with Crippen LogP contribution in [0.15, 0.2) is 57.7 Å². The molecule has 5 aromatic rings. The van der Waals surface area contributed by atoms with Crippen molar-refractivity contribution in [2.75, 3.05) is 0 Å². The van der Waals surface area contributed by atoms with E-state index in [2.05, 4.69) is 5.10 Å². The number of aryl methyl sites for hydroxylation is 1. The molecule has 3 heterocycles. The van der Waals surface area contributed by atoms with Gasteiger partial charge in [0, 0.05) is 29.1 Å². The van der Waals surface area contributed by atoms with Crippen molar-refractivity contribution < 1.29 is 13.9 Å². The number of halogens is 1. The topological polar surface area (TPSA) is 74.3 Å². The molecule has 0 N–H and O–H groups in total. The Labute approximate surface area is 176 Å². The summed E-state index contributed by atoms with van der Waals surface area (Å²) in [4.78, 5) is 24.9. The third kappa shape index (κ3) is 3.25. The molecule has 0 saturated carbocycles. The predicted octanol–water partition coefficient (Wildman–Crippen LogP) is 5.34. The Balaban J connectivity index is 1.49. The van der Waals surface area contributed by atoms with Gasteiger partial charge in [-0.25, -0.2) is 9.59 Å². The van der Waals surface area contributed by atoms with E-state index in [1.807, 2.05) is 19.2 Å². The number of benzene rings is 2. The highest BCUT2D eigenvalue weighted by Gasteiger charge is 2.19. The molecule has 144 valence electrons. The number of aromatic nitrogens is 2. The summed E-state index contributed by atoms with van der Waals surface area (Å²) in [5, 5.41) is 6.08. The molecule has 0 aliphatic rings. The lowest BCUT2D eigenvalue weighted by Crippen LogP contribution is -2.06. The molecule has 2 aromatic carbocycles. The number of ether oxygens (including phenoxy) is 1. The number of rotatable bonds is 3. The Bertz CT molecular complexity index is 1440. The number of hydrogen-bond acceptors (Lipinski definition) is 7. The third-order valence-electron chi connectivity index (χ3n) is 4.34. The van der Waals surface area contributed by atoms with Gasteiger partial charge >= 0.3 is 10.9 Å². The number of thiophene rings is 1. The smallest absolute Gasteiger partial charge is 0.396 e. The van der Waals surface area contributed by atoms with Crippen molar-refractivity contribution in [1.29, 1.82) is 0 Å². The van der Waals surface area contributed by atoms with Gasteiger partial charge < -0.3 is 9.15 Å². The van der Waals surface area contributed by atoms with Gasteiger partial charge in [-0.05, 0) is 30.3 Å². The number of hydrogen-bond donors (Lipinski definition) is 0. The van der Waals surface area contributed by atoms with Gasteiger partial charge in [0.15, 0.2) is 5.58 Å². The predicted molar refractivity (Wildman–Crippen MR) is 114 cm³/mol. The molecule has 0 aliphatic carbocycles. The summed E-state index contributed by atoms with van der Waals surface area (Å²) in [6, 6.07) is 14.0. The lowest BCUT2D eigenvalue weighted by Gasteiger charge is -2.02. The van der Waals surface area contributed by atoms with E-state index in [1.165, 1.54) is 11.3 Å². The van der Waals surface area contributed by atoms with Gasteiger partial charge in [0.1, 0.15) is 21.2 Å². The van der Waals surface area contributed by atoms with E-state index in [0.717, 1.165) is 32.8 Å². The fourth-order valence-electron chi connectivity index (χ4n) is 3.04. The van der Waals surface area contributed by atoms with Crippen LogP contribution in [-0.2, 0) is 7.05 Å². The third-order valence-corrected chi connectivity index (χ3v) is 6.58. The first-order valence-corrected chi connectivity index (χ1v) is 10.5. The fraction of sp³-hybridized carbons (Fsp3) is 0.0500. The van der Waals surface area contributed by atoms with Crippen LogP contribution >= 0.6 is 34.3 Å². The van der Waals surface area contributed by atoms with E-state index in [0.29, 0.717) is 25.9 Å². The fourth-order valence-corrected chi connectivity index (χ4v) is 4.76. The van der Waals surface area contributed by atoms with Crippen LogP contribution in [0.3, 0.4) is 0 Å². The maximum atomic E-state index is 12.7. The zero-order valence-electron chi connectivity index (χ0n) is 14.8. The van der Waals surface area contributed by atoms with Crippen LogP contribution in [0.25, 0.3) is 31.8 Å². The number of fused-ring (bicyclic) bond motifs is 2. The number of esters is 1. The normalized spacial score (nSPS) is 11.4. The van der Waals surface area contributed by atoms with Crippen LogP contribution in [-0.4, -0.2) is 15.7 Å². The Morgan fingerprint density at radius 2 is 1.93 bits per heavy atom. The second-order valence-electron chi connectivity index (χ2n) is 6.26. The Kier molecular flexibility index (Phi) is 4.27. The van der Waals surface area contributed by atoms with E-state index < -0.39 is 10.9 Å². The summed E-state index contributed by atoms with van der Waals surface area (Å²) in [5.74, 6) is -0.164. The maximum absolute atomic E-state index is 12.7. The van der Waals surface area contributed by atoms with Gasteiger partial charge in [0.25, 0.3) is 0 Å². The van der Waals surface area contributed by atoms with Crippen LogP contribution < -0.4 is 9.68 Å². The zero-order chi connectivity index (χ0) is 20.1. The van der Waals surface area contributed by atoms with Gasteiger partial charge in [-0.3, -0.25) is 4.68 Å². The van der Waals surface area contributed by atoms with Gasteiger partial charge in [0.05, 0.1) is 4.70 Å². The monoisotopic (exact) mass is 442 g/mol. The van der Waals surface area contributed by atoms with E-state index in [-0.39, 0.29) is 0 Å². The largest absolute Gasteiger partial charge is 0.422 e. The number of carbonyl (C=O) groups is 1. The molecule has 9 heteroatoms. The van der Waals surface area contributed by atoms with E-state index in [1.54, 1.807) is 41.1 Å². The molecule has 29 heavy (non-hydrogen) atoms. The highest BCUT2D eigenvalue weighted by atomic mass is 35.5. The number of nitrogens with zero attached hydrogens (tertiary/aromatic N) is 2. The molecule has 0 radical (unpaired) electrons. The van der Waals surface area contributed by atoms with Crippen molar-refractivity contribution in [2.45, 2.75) is 0 Å². The summed E-state index contributed by atoms with van der Waals surface area (Å²) in [7, 11) is 1.83. The Morgan fingerprint density at radius 1 is 1.14 bits per heavy atom. The summed E-state index contributed by atoms with van der Waals surface area (Å²) < 4.78 is 13.0. The zero-order valence-corrected chi connectivity index (χ0v) is 17.2. The Morgan fingerprint density at radius 3 is 2.72 bits per heavy atom. The van der Waals surface area contributed by atoms with Crippen molar-refractivity contribution >= 4 is 60.7 Å². The molecular formula is C20H11ClN2O4S2. The lowest BCUT2D eigenvalue weighted by atomic mass is 10.1. The van der Waals surface area contributed by atoms with E-state index >= 15 is 0 Å². The van der Waals surface area contributed by atoms with Gasteiger partial charge in [-0.1, -0.05) is 35.1 Å². The van der Waals surface area contributed by atoms with Crippen LogP contribution in [0, 0.1) is 0 Å². The molecule has 3 aromatic heterocycles. The van der Waals surface area contributed by atoms with Crippen molar-refractivity contribution in [2.24, 2.45) is 7.05 Å². The molecule has 0 unspecified atom stereocenters. The molecule has 0 atom stereocenters. The molecule has 0 amide bonds. The first-order chi connectivity index (χ1) is 14.0. The summed E-state index contributed by atoms with van der Waals surface area (Å²) in [6.45, 7) is 0. The second-order valence-corrected chi connectivity index (χ2v) is 8.71. The minimum Gasteiger partial charge on any atom is -0.422 e. The summed E-state index contributed by atoms with van der Waals surface area (Å²) in [6.07, 6.45) is 0. The highest BCUT2D eigenvalue weighted by Crippen LogP contribution is 2.34. The Hall–Kier alpha value is -2.94. The van der Waals surface area contributed by atoms with Crippen molar-refractivity contribution in [3.05, 3.63) is 68.2 Å². The first-order valence-electron chi connectivity index (χ1n) is 8.46. The van der Waals surface area contributed by atoms with Crippen LogP contribution in [0.4, 0.5) is 0 Å². The van der Waals surface area contributed by atoms with Crippen molar-refractivity contribution in [3.8, 4) is 17.0 Å². The SMILES string of the molecule is Cn1nc(-c2ccc(Cl)cc2)c2cc(C(=O)Oc3ccc4sc(=O)oc4c3)sc21. The molecule has 0 spiro atoms. The minimum atomic E-state index is -0.481. The highest BCUT2D eigenvalue weighted by molar-refractivity contribution is 7.20. The van der Waals surface area contributed by atoms with Crippen LogP contribution in [0.2, 0.25) is 5.02 Å². The molecule has 5 rings (SSSR count). The van der Waals surface area contributed by atoms with Crippen LogP contribution in [0.1, 0.15) is 9.67 Å². The average molecular weight is 443 g/mol. The van der Waals surface area contributed by atoms with E-state index in [4.69, 9.17) is 20.8 Å². The quantitative estimate of drug-likeness (QED) is 0.278. The van der Waals surface area contributed by atoms with Crippen molar-refractivity contribution in [1.82, 2.24) is 9.78 Å². The van der Waals surface area contributed by atoms with Gasteiger partial charge in [-0.2, -0.15) is 5.10 Å². The van der Waals surface area contributed by atoms with Gasteiger partial charge in [-0.15, -0.1) is 11.3 Å². The maximum Gasteiger partial charge on any atom is 0.396 e. The lowest BCUT2D eigenvalue weighted by molar-refractivity contribution is 0.0740. The van der Waals surface area contributed by atoms with Crippen LogP contribution in [0.5, 0.6) is 5.75 Å². The van der Waals surface area contributed by atoms with E-state index in [9.17, 15) is 9.59 Å². The molecule has 0 saturated heterocycles. The summed E-state index contributed by atoms with van der Waals surface area (Å²) >= 11 is 8.28. The second kappa shape index (κ2) is 6.84.